The van der Waals surface area contributed by atoms with Gasteiger partial charge in [0.25, 0.3) is 0 Å². The number of fused-ring (bicyclic) bond motifs is 1. The van der Waals surface area contributed by atoms with E-state index in [4.69, 9.17) is 5.84 Å². The van der Waals surface area contributed by atoms with Crippen LogP contribution in [0.2, 0.25) is 0 Å². The Balaban J connectivity index is 2.23. The lowest BCUT2D eigenvalue weighted by Crippen LogP contribution is -2.35. The molecule has 2 aromatic rings. The lowest BCUT2D eigenvalue weighted by molar-refractivity contribution is -0.128. The Morgan fingerprint density at radius 1 is 1.38 bits per heavy atom. The van der Waals surface area contributed by atoms with Gasteiger partial charge in [-0.25, -0.2) is 10.8 Å². The van der Waals surface area contributed by atoms with E-state index in [9.17, 15) is 4.79 Å². The van der Waals surface area contributed by atoms with Gasteiger partial charge in [-0.1, -0.05) is 0 Å². The van der Waals surface area contributed by atoms with Crippen molar-refractivity contribution in [2.24, 2.45) is 5.84 Å². The number of nitrogen functional groups attached to an aromatic ring is 1. The van der Waals surface area contributed by atoms with Crippen molar-refractivity contribution in [3.05, 3.63) is 10.9 Å². The molecule has 114 valence electrons. The number of nitrogens with zero attached hydrogens (tertiary/aromatic N) is 3. The Labute approximate surface area is 127 Å². The highest BCUT2D eigenvalue weighted by Crippen LogP contribution is 2.29. The zero-order valence-electron chi connectivity index (χ0n) is 12.4. The van der Waals surface area contributed by atoms with Gasteiger partial charge in [-0.3, -0.25) is 10.2 Å². The van der Waals surface area contributed by atoms with Gasteiger partial charge < -0.3 is 10.2 Å². The summed E-state index contributed by atoms with van der Waals surface area (Å²) in [6.45, 7) is 7.53. The maximum absolute atomic E-state index is 12.1. The maximum Gasteiger partial charge on any atom is 0.241 e. The first kappa shape index (κ1) is 15.5. The number of nitrogens with two attached hydrogens (primary N) is 1. The van der Waals surface area contributed by atoms with Gasteiger partial charge >= 0.3 is 0 Å². The van der Waals surface area contributed by atoms with E-state index in [2.05, 4.69) is 20.7 Å². The van der Waals surface area contributed by atoms with Crippen molar-refractivity contribution in [1.82, 2.24) is 14.9 Å². The third-order valence-corrected chi connectivity index (χ3v) is 4.11. The van der Waals surface area contributed by atoms with Crippen LogP contribution >= 0.6 is 11.3 Å². The molecular weight excluding hydrogens is 288 g/mol. The van der Waals surface area contributed by atoms with Crippen molar-refractivity contribution in [3.63, 3.8) is 0 Å². The second-order valence-corrected chi connectivity index (χ2v) is 5.77. The molecule has 0 saturated carbocycles. The fourth-order valence-electron chi connectivity index (χ4n) is 2.09. The number of hydrogen-bond donors (Lipinski definition) is 3. The van der Waals surface area contributed by atoms with Crippen molar-refractivity contribution in [2.45, 2.75) is 20.8 Å². The average Bonchev–Trinajstić information content (AvgIpc) is 2.86. The molecule has 0 bridgehead atoms. The Bertz CT molecular complexity index is 637. The van der Waals surface area contributed by atoms with Gasteiger partial charge in [0, 0.05) is 18.0 Å². The summed E-state index contributed by atoms with van der Waals surface area (Å²) < 4.78 is 0. The van der Waals surface area contributed by atoms with Crippen LogP contribution < -0.4 is 16.6 Å². The van der Waals surface area contributed by atoms with Crippen LogP contribution in [0.25, 0.3) is 10.2 Å². The Hall–Kier alpha value is -1.93. The second kappa shape index (κ2) is 6.68. The van der Waals surface area contributed by atoms with Gasteiger partial charge in [-0.05, 0) is 26.8 Å². The number of carbonyl (C=O) groups is 1. The van der Waals surface area contributed by atoms with Gasteiger partial charge in [0.2, 0.25) is 11.9 Å². The monoisotopic (exact) mass is 308 g/mol. The number of hydrazine groups is 1. The quantitative estimate of drug-likeness (QED) is 0.554. The van der Waals surface area contributed by atoms with Crippen molar-refractivity contribution in [2.75, 3.05) is 30.4 Å². The molecule has 1 amide bonds. The van der Waals surface area contributed by atoms with Crippen LogP contribution in [-0.2, 0) is 4.79 Å². The Kier molecular flexibility index (Phi) is 4.92. The summed E-state index contributed by atoms with van der Waals surface area (Å²) in [5.41, 5.74) is 2.45. The minimum absolute atomic E-state index is 0.0426. The third-order valence-electron chi connectivity index (χ3n) is 3.17. The average molecular weight is 308 g/mol. The molecule has 7 nitrogen and oxygen atoms in total. The first-order valence-electron chi connectivity index (χ1n) is 6.85. The van der Waals surface area contributed by atoms with Gasteiger partial charge in [0.15, 0.2) is 0 Å². The first-order chi connectivity index (χ1) is 10.1. The van der Waals surface area contributed by atoms with Gasteiger partial charge in [0.1, 0.15) is 10.6 Å². The minimum Gasteiger partial charge on any atom is -0.360 e. The van der Waals surface area contributed by atoms with E-state index in [-0.39, 0.29) is 12.5 Å². The lowest BCUT2D eigenvalue weighted by atomic mass is 10.3. The van der Waals surface area contributed by atoms with Crippen LogP contribution in [-0.4, -0.2) is 40.4 Å². The molecule has 0 aliphatic rings. The van der Waals surface area contributed by atoms with Gasteiger partial charge in [-0.2, -0.15) is 4.98 Å². The van der Waals surface area contributed by atoms with E-state index in [1.807, 2.05) is 26.8 Å². The summed E-state index contributed by atoms with van der Waals surface area (Å²) in [6, 6.07) is 2.00. The zero-order chi connectivity index (χ0) is 15.4. The molecule has 0 aliphatic carbocycles. The molecule has 0 atom stereocenters. The highest BCUT2D eigenvalue weighted by molar-refractivity contribution is 7.18. The lowest BCUT2D eigenvalue weighted by Gasteiger charge is -2.19. The maximum atomic E-state index is 12.1. The predicted molar refractivity (Wildman–Crippen MR) is 86.4 cm³/mol. The number of rotatable bonds is 6. The molecule has 0 aromatic carbocycles. The fourth-order valence-corrected chi connectivity index (χ4v) is 2.97. The third kappa shape index (κ3) is 3.40. The number of likely N-dealkylation sites (N-methyl/N-ethyl adjacent to an activating group) is 1. The van der Waals surface area contributed by atoms with E-state index in [1.165, 1.54) is 0 Å². The van der Waals surface area contributed by atoms with Crippen molar-refractivity contribution >= 4 is 39.2 Å². The summed E-state index contributed by atoms with van der Waals surface area (Å²) in [7, 11) is 0. The summed E-state index contributed by atoms with van der Waals surface area (Å²) in [6.07, 6.45) is 0. The Morgan fingerprint density at radius 2 is 2.10 bits per heavy atom. The molecule has 0 spiro atoms. The molecular formula is C13H20N6OS. The molecule has 0 aliphatic heterocycles. The fraction of sp³-hybridized carbons (Fsp3) is 0.462. The van der Waals surface area contributed by atoms with Crippen LogP contribution in [0, 0.1) is 6.92 Å². The van der Waals surface area contributed by atoms with Crippen LogP contribution in [0.3, 0.4) is 0 Å². The van der Waals surface area contributed by atoms with Crippen LogP contribution in [0.5, 0.6) is 0 Å². The van der Waals surface area contributed by atoms with E-state index >= 15 is 0 Å². The molecule has 8 heteroatoms. The molecule has 21 heavy (non-hydrogen) atoms. The first-order valence-corrected chi connectivity index (χ1v) is 7.67. The van der Waals surface area contributed by atoms with Crippen molar-refractivity contribution < 1.29 is 4.79 Å². The van der Waals surface area contributed by atoms with E-state index in [1.54, 1.807) is 16.2 Å². The molecule has 0 radical (unpaired) electrons. The molecule has 0 fully saturated rings. The molecule has 0 unspecified atom stereocenters. The standard InChI is InChI=1S/C13H20N6OS/c1-4-19(5-2)10(20)7-15-11-9-6-8(3)21-12(9)17-13(16-11)18-14/h6H,4-5,7,14H2,1-3H3,(H2,15,16,17,18). The number of aryl methyl sites for hydroxylation is 1. The summed E-state index contributed by atoms with van der Waals surface area (Å²) >= 11 is 1.56. The molecule has 2 aromatic heterocycles. The van der Waals surface area contributed by atoms with Gasteiger partial charge in [0.05, 0.1) is 11.9 Å². The highest BCUT2D eigenvalue weighted by atomic mass is 32.1. The molecule has 4 N–H and O–H groups in total. The largest absolute Gasteiger partial charge is 0.360 e. The number of aromatic nitrogens is 2. The second-order valence-electron chi connectivity index (χ2n) is 4.54. The predicted octanol–water partition coefficient (Wildman–Crippen LogP) is 1.57. The highest BCUT2D eigenvalue weighted by Gasteiger charge is 2.13. The van der Waals surface area contributed by atoms with E-state index in [0.29, 0.717) is 24.9 Å². The minimum atomic E-state index is 0.0426. The van der Waals surface area contributed by atoms with E-state index < -0.39 is 0 Å². The topological polar surface area (TPSA) is 96.2 Å². The number of hydrogen-bond acceptors (Lipinski definition) is 7. The molecule has 2 rings (SSSR count). The Morgan fingerprint density at radius 3 is 2.71 bits per heavy atom. The number of amides is 1. The SMILES string of the molecule is CCN(CC)C(=O)CNc1nc(NN)nc2sc(C)cc12. The summed E-state index contributed by atoms with van der Waals surface area (Å²) in [5.74, 6) is 6.39. The van der Waals surface area contributed by atoms with E-state index in [0.717, 1.165) is 15.1 Å². The van der Waals surface area contributed by atoms with Crippen LogP contribution in [0.4, 0.5) is 11.8 Å². The van der Waals surface area contributed by atoms with Crippen LogP contribution in [0.15, 0.2) is 6.07 Å². The van der Waals surface area contributed by atoms with Crippen molar-refractivity contribution in [3.8, 4) is 0 Å². The molecule has 0 saturated heterocycles. The van der Waals surface area contributed by atoms with Gasteiger partial charge in [-0.15, -0.1) is 11.3 Å². The van der Waals surface area contributed by atoms with Crippen LogP contribution in [0.1, 0.15) is 18.7 Å². The number of carbonyl (C=O) groups excluding carboxylic acids is 1. The number of nitrogens with one attached hydrogen (secondary N) is 2. The van der Waals surface area contributed by atoms with Crippen molar-refractivity contribution in [1.29, 1.82) is 0 Å². The molecule has 2 heterocycles. The zero-order valence-corrected chi connectivity index (χ0v) is 13.3. The number of thiophene rings is 1. The summed E-state index contributed by atoms with van der Waals surface area (Å²) in [5, 5.41) is 4.00. The normalized spacial score (nSPS) is 10.7. The smallest absolute Gasteiger partial charge is 0.241 e. The number of anilines is 2. The summed E-state index contributed by atoms with van der Waals surface area (Å²) in [4.78, 5) is 24.4.